The second kappa shape index (κ2) is 6.91. The molecule has 23 heavy (non-hydrogen) atoms. The van der Waals surface area contributed by atoms with Crippen molar-refractivity contribution in [2.24, 2.45) is 5.11 Å². The summed E-state index contributed by atoms with van der Waals surface area (Å²) in [5, 5.41) is 3.54. The Morgan fingerprint density at radius 1 is 1.70 bits per heavy atom. The van der Waals surface area contributed by atoms with Crippen molar-refractivity contribution < 1.29 is 18.7 Å². The van der Waals surface area contributed by atoms with Crippen molar-refractivity contribution >= 4 is 19.0 Å². The van der Waals surface area contributed by atoms with Crippen LogP contribution in [-0.4, -0.2) is 33.2 Å². The number of rotatable bonds is 5. The van der Waals surface area contributed by atoms with E-state index in [1.54, 1.807) is 0 Å². The maximum Gasteiger partial charge on any atom is 0.383 e. The van der Waals surface area contributed by atoms with E-state index in [0.29, 0.717) is 5.56 Å². The molecule has 1 aliphatic rings. The van der Waals surface area contributed by atoms with Crippen LogP contribution in [0.5, 0.6) is 0 Å². The fourth-order valence-corrected chi connectivity index (χ4v) is 2.74. The molecule has 2 rings (SSSR count). The van der Waals surface area contributed by atoms with Crippen molar-refractivity contribution in [1.29, 1.82) is 0 Å². The first kappa shape index (κ1) is 17.8. The van der Waals surface area contributed by atoms with E-state index in [-0.39, 0.29) is 13.0 Å². The van der Waals surface area contributed by atoms with Gasteiger partial charge in [-0.1, -0.05) is 17.4 Å². The highest BCUT2D eigenvalue weighted by Crippen LogP contribution is 2.47. The van der Waals surface area contributed by atoms with Crippen molar-refractivity contribution in [3.8, 4) is 0 Å². The number of aromatic nitrogens is 2. The van der Waals surface area contributed by atoms with Gasteiger partial charge in [-0.05, 0) is 12.5 Å². The van der Waals surface area contributed by atoms with Crippen LogP contribution in [0, 0.1) is 6.92 Å². The number of aromatic amines is 1. The van der Waals surface area contributed by atoms with Crippen molar-refractivity contribution in [1.82, 2.24) is 9.55 Å². The number of nitrogens with one attached hydrogen (secondary N) is 1. The van der Waals surface area contributed by atoms with Gasteiger partial charge in [0.05, 0.1) is 18.8 Å². The standard InChI is InChI=1S/C10H14N5O6PS/c1-5-3-15(10(17)12-9(5)16)8-2-6(13-14-11)7(21-8)4-20-22(18,19)23/h3,6-8H,2,4H2,1H3,(H,12,16,17)(H2,18,19,23)/t6-,7+,8-/m0/s1. The molecule has 2 N–H and O–H groups in total. The lowest BCUT2D eigenvalue weighted by molar-refractivity contribution is -0.0231. The Bertz CT molecular complexity index is 796. The maximum atomic E-state index is 11.9. The molecule has 0 aliphatic carbocycles. The molecule has 13 heteroatoms. The normalized spacial score (nSPS) is 26.5. The lowest BCUT2D eigenvalue weighted by Gasteiger charge is -2.17. The van der Waals surface area contributed by atoms with E-state index >= 15 is 0 Å². The summed E-state index contributed by atoms with van der Waals surface area (Å²) in [5.41, 5.74) is 7.72. The predicted octanol–water partition coefficient (Wildman–Crippen LogP) is 0.858. The molecule has 0 spiro atoms. The third kappa shape index (κ3) is 4.47. The van der Waals surface area contributed by atoms with E-state index in [0.717, 1.165) is 4.57 Å². The van der Waals surface area contributed by atoms with E-state index in [1.807, 2.05) is 0 Å². The molecule has 0 radical (unpaired) electrons. The van der Waals surface area contributed by atoms with Crippen molar-refractivity contribution in [2.45, 2.75) is 31.7 Å². The highest BCUT2D eigenvalue weighted by Gasteiger charge is 2.37. The van der Waals surface area contributed by atoms with Crippen molar-refractivity contribution in [3.05, 3.63) is 43.0 Å². The number of thiol groups is 1. The second-order valence-corrected chi connectivity index (χ2v) is 7.66. The zero-order valence-corrected chi connectivity index (χ0v) is 13.7. The number of aryl methyl sites for hydroxylation is 1. The highest BCUT2D eigenvalue weighted by molar-refractivity contribution is 8.44. The van der Waals surface area contributed by atoms with Gasteiger partial charge in [0.15, 0.2) is 0 Å². The maximum absolute atomic E-state index is 11.9. The predicted molar refractivity (Wildman–Crippen MR) is 82.3 cm³/mol. The first-order chi connectivity index (χ1) is 10.7. The molecule has 0 bridgehead atoms. The quantitative estimate of drug-likeness (QED) is 0.231. The van der Waals surface area contributed by atoms with Gasteiger partial charge < -0.3 is 9.63 Å². The van der Waals surface area contributed by atoms with Gasteiger partial charge >= 0.3 is 12.5 Å². The Labute approximate surface area is 134 Å². The van der Waals surface area contributed by atoms with E-state index in [2.05, 4.69) is 31.8 Å². The molecule has 1 unspecified atom stereocenters. The SMILES string of the molecule is Cc1cn([C@@H]2C[C@H](N=[N+]=[N-])[C@@H](COP(=O)(O)S)O2)c(=O)[nH]c1=O. The van der Waals surface area contributed by atoms with Crippen LogP contribution >= 0.6 is 19.0 Å². The van der Waals surface area contributed by atoms with Gasteiger partial charge in [-0.25, -0.2) is 9.36 Å². The van der Waals surface area contributed by atoms with Gasteiger partial charge in [-0.2, -0.15) is 0 Å². The molecule has 0 amide bonds. The van der Waals surface area contributed by atoms with Crippen LogP contribution in [0.15, 0.2) is 20.9 Å². The summed E-state index contributed by atoms with van der Waals surface area (Å²) in [6.45, 7) is -2.83. The van der Waals surface area contributed by atoms with Crippen LogP contribution in [-0.2, 0) is 13.8 Å². The molecule has 1 fully saturated rings. The minimum Gasteiger partial charge on any atom is -0.352 e. The van der Waals surface area contributed by atoms with Crippen LogP contribution < -0.4 is 11.2 Å². The Balaban J connectivity index is 2.24. The molecule has 2 heterocycles. The average molecular weight is 363 g/mol. The molecule has 1 saturated heterocycles. The first-order valence-corrected chi connectivity index (χ1v) is 9.16. The Hall–Kier alpha value is -1.55. The monoisotopic (exact) mass is 363 g/mol. The Morgan fingerprint density at radius 3 is 3.00 bits per heavy atom. The summed E-state index contributed by atoms with van der Waals surface area (Å²) in [5.74, 6) is 0. The lowest BCUT2D eigenvalue weighted by atomic mass is 10.1. The van der Waals surface area contributed by atoms with E-state index < -0.39 is 36.4 Å². The third-order valence-electron chi connectivity index (χ3n) is 3.27. The summed E-state index contributed by atoms with van der Waals surface area (Å²) >= 11 is 3.38. The topological polar surface area (TPSA) is 159 Å². The molecule has 1 aromatic heterocycles. The number of ether oxygens (including phenoxy) is 1. The van der Waals surface area contributed by atoms with Gasteiger partial charge in [0, 0.05) is 23.1 Å². The zero-order chi connectivity index (χ0) is 17.2. The summed E-state index contributed by atoms with van der Waals surface area (Å²) in [6, 6.07) is -0.705. The summed E-state index contributed by atoms with van der Waals surface area (Å²) in [4.78, 5) is 37.1. The van der Waals surface area contributed by atoms with Crippen LogP contribution in [0.1, 0.15) is 18.2 Å². The third-order valence-corrected chi connectivity index (χ3v) is 4.10. The van der Waals surface area contributed by atoms with Crippen molar-refractivity contribution in [2.75, 3.05) is 6.61 Å². The Morgan fingerprint density at radius 2 is 2.39 bits per heavy atom. The van der Waals surface area contributed by atoms with Crippen LogP contribution in [0.25, 0.3) is 10.4 Å². The van der Waals surface area contributed by atoms with Crippen LogP contribution in [0.3, 0.4) is 0 Å². The fraction of sp³-hybridized carbons (Fsp3) is 0.600. The lowest BCUT2D eigenvalue weighted by Crippen LogP contribution is -2.33. The van der Waals surface area contributed by atoms with E-state index in [4.69, 9.17) is 15.2 Å². The van der Waals surface area contributed by atoms with Gasteiger partial charge in [0.25, 0.3) is 5.56 Å². The molecule has 1 aromatic rings. The van der Waals surface area contributed by atoms with Crippen molar-refractivity contribution in [3.63, 3.8) is 0 Å². The summed E-state index contributed by atoms with van der Waals surface area (Å²) in [6.07, 6.45) is -0.161. The minimum atomic E-state index is -4.02. The number of nitrogens with zero attached hydrogens (tertiary/aromatic N) is 4. The van der Waals surface area contributed by atoms with E-state index in [9.17, 15) is 14.2 Å². The first-order valence-electron chi connectivity index (χ1n) is 6.43. The summed E-state index contributed by atoms with van der Waals surface area (Å²) in [7, 11) is 0. The van der Waals surface area contributed by atoms with Crippen LogP contribution in [0.4, 0.5) is 0 Å². The molecular formula is C10H14N5O6PS. The molecule has 0 saturated carbocycles. The average Bonchev–Trinajstić information content (AvgIpc) is 2.83. The van der Waals surface area contributed by atoms with E-state index in [1.165, 1.54) is 13.1 Å². The largest absolute Gasteiger partial charge is 0.383 e. The van der Waals surface area contributed by atoms with Gasteiger partial charge in [-0.3, -0.25) is 18.9 Å². The smallest absolute Gasteiger partial charge is 0.352 e. The Kier molecular flexibility index (Phi) is 5.35. The van der Waals surface area contributed by atoms with Gasteiger partial charge in [0.2, 0.25) is 0 Å². The number of azide groups is 1. The minimum absolute atomic E-state index is 0.145. The fourth-order valence-electron chi connectivity index (χ4n) is 2.19. The number of hydrogen-bond acceptors (Lipinski definition) is 6. The molecule has 126 valence electrons. The zero-order valence-electron chi connectivity index (χ0n) is 11.9. The second-order valence-electron chi connectivity index (χ2n) is 4.90. The highest BCUT2D eigenvalue weighted by atomic mass is 32.7. The molecule has 1 aliphatic heterocycles. The number of H-pyrrole nitrogens is 1. The molecule has 11 nitrogen and oxygen atoms in total. The van der Waals surface area contributed by atoms with Gasteiger partial charge in [-0.15, -0.1) is 0 Å². The molecular weight excluding hydrogens is 349 g/mol. The summed E-state index contributed by atoms with van der Waals surface area (Å²) < 4.78 is 22.5. The molecule has 4 atom stereocenters. The molecule has 0 aromatic carbocycles. The van der Waals surface area contributed by atoms with Gasteiger partial charge in [0.1, 0.15) is 6.23 Å². The van der Waals surface area contributed by atoms with Crippen LogP contribution in [0.2, 0.25) is 0 Å². The number of hydrogen-bond donors (Lipinski definition) is 3.